The number of ether oxygens (including phenoxy) is 1. The number of aromatic nitrogens is 3. The van der Waals surface area contributed by atoms with Gasteiger partial charge in [-0.15, -0.1) is 22.7 Å². The third kappa shape index (κ3) is 5.03. The summed E-state index contributed by atoms with van der Waals surface area (Å²) in [4.78, 5) is 5.75. The average molecular weight is 427 g/mol. The SMILES string of the molecule is Cc1ccc(OCc2nc(CNc3cc(-c4cccs4)nn3CCO)cs2)cc1. The summed E-state index contributed by atoms with van der Waals surface area (Å²) in [5, 5.41) is 22.3. The Labute approximate surface area is 177 Å². The van der Waals surface area contributed by atoms with E-state index in [4.69, 9.17) is 4.74 Å². The number of hydrogen-bond acceptors (Lipinski definition) is 7. The molecule has 29 heavy (non-hydrogen) atoms. The lowest BCUT2D eigenvalue weighted by Gasteiger charge is -2.07. The zero-order chi connectivity index (χ0) is 20.1. The lowest BCUT2D eigenvalue weighted by atomic mass is 10.2. The molecule has 0 aliphatic heterocycles. The number of rotatable bonds is 9. The van der Waals surface area contributed by atoms with E-state index in [1.165, 1.54) is 5.56 Å². The molecule has 4 rings (SSSR count). The van der Waals surface area contributed by atoms with Crippen LogP contribution in [0.5, 0.6) is 5.75 Å². The van der Waals surface area contributed by atoms with E-state index in [2.05, 4.69) is 22.3 Å². The zero-order valence-corrected chi connectivity index (χ0v) is 17.7. The molecule has 0 atom stereocenters. The lowest BCUT2D eigenvalue weighted by molar-refractivity contribution is 0.270. The topological polar surface area (TPSA) is 72.2 Å². The molecule has 0 fully saturated rings. The zero-order valence-electron chi connectivity index (χ0n) is 16.0. The van der Waals surface area contributed by atoms with Gasteiger partial charge in [0.25, 0.3) is 0 Å². The number of aryl methyl sites for hydroxylation is 1. The minimum absolute atomic E-state index is 0.0391. The number of nitrogens with zero attached hydrogens (tertiary/aromatic N) is 3. The van der Waals surface area contributed by atoms with Crippen LogP contribution in [0.4, 0.5) is 5.82 Å². The number of thiophene rings is 1. The maximum atomic E-state index is 9.33. The first-order valence-corrected chi connectivity index (χ1v) is 11.1. The number of aliphatic hydroxyl groups is 1. The van der Waals surface area contributed by atoms with Crippen molar-refractivity contribution >= 4 is 28.5 Å². The molecular weight excluding hydrogens is 404 g/mol. The number of nitrogens with one attached hydrogen (secondary N) is 1. The third-order valence-electron chi connectivity index (χ3n) is 4.30. The first-order chi connectivity index (χ1) is 14.2. The largest absolute Gasteiger partial charge is 0.486 e. The fraction of sp³-hybridized carbons (Fsp3) is 0.238. The summed E-state index contributed by atoms with van der Waals surface area (Å²) in [6.07, 6.45) is 0. The van der Waals surface area contributed by atoms with Gasteiger partial charge in [-0.1, -0.05) is 23.8 Å². The van der Waals surface area contributed by atoms with Crippen molar-refractivity contribution in [1.82, 2.24) is 14.8 Å². The second-order valence-corrected chi connectivity index (χ2v) is 8.42. The maximum absolute atomic E-state index is 9.33. The van der Waals surface area contributed by atoms with Gasteiger partial charge < -0.3 is 15.2 Å². The molecule has 150 valence electrons. The van der Waals surface area contributed by atoms with Crippen LogP contribution in [0.1, 0.15) is 16.3 Å². The van der Waals surface area contributed by atoms with Crippen molar-refractivity contribution in [2.75, 3.05) is 11.9 Å². The van der Waals surface area contributed by atoms with Crippen LogP contribution in [0.2, 0.25) is 0 Å². The molecule has 0 aliphatic carbocycles. The molecule has 0 spiro atoms. The van der Waals surface area contributed by atoms with Crippen LogP contribution in [0, 0.1) is 6.92 Å². The molecular formula is C21H22N4O2S2. The number of hydrogen-bond donors (Lipinski definition) is 2. The minimum Gasteiger partial charge on any atom is -0.486 e. The molecule has 3 aromatic heterocycles. The van der Waals surface area contributed by atoms with Gasteiger partial charge in [0.2, 0.25) is 0 Å². The van der Waals surface area contributed by atoms with Gasteiger partial charge in [-0.25, -0.2) is 9.67 Å². The van der Waals surface area contributed by atoms with Crippen molar-refractivity contribution in [2.24, 2.45) is 0 Å². The van der Waals surface area contributed by atoms with Crippen molar-refractivity contribution in [3.05, 3.63) is 69.5 Å². The molecule has 0 bridgehead atoms. The smallest absolute Gasteiger partial charge is 0.140 e. The van der Waals surface area contributed by atoms with Crippen LogP contribution >= 0.6 is 22.7 Å². The van der Waals surface area contributed by atoms with E-state index in [-0.39, 0.29) is 6.61 Å². The van der Waals surface area contributed by atoms with Crippen LogP contribution in [0.3, 0.4) is 0 Å². The van der Waals surface area contributed by atoms with Crippen LogP contribution in [-0.4, -0.2) is 26.5 Å². The van der Waals surface area contributed by atoms with E-state index in [9.17, 15) is 5.11 Å². The molecule has 0 saturated carbocycles. The average Bonchev–Trinajstić information content (AvgIpc) is 3.47. The Bertz CT molecular complexity index is 1040. The van der Waals surface area contributed by atoms with Crippen LogP contribution < -0.4 is 10.1 Å². The van der Waals surface area contributed by atoms with E-state index in [1.54, 1.807) is 27.4 Å². The summed E-state index contributed by atoms with van der Waals surface area (Å²) >= 11 is 3.24. The summed E-state index contributed by atoms with van der Waals surface area (Å²) in [7, 11) is 0. The molecule has 8 heteroatoms. The van der Waals surface area contributed by atoms with Gasteiger partial charge in [0.1, 0.15) is 28.9 Å². The Kier molecular flexibility index (Phi) is 6.24. The maximum Gasteiger partial charge on any atom is 0.140 e. The van der Waals surface area contributed by atoms with E-state index < -0.39 is 0 Å². The molecule has 0 radical (unpaired) electrons. The molecule has 1 aromatic carbocycles. The van der Waals surface area contributed by atoms with Gasteiger partial charge in [-0.05, 0) is 30.5 Å². The predicted molar refractivity (Wildman–Crippen MR) is 118 cm³/mol. The second-order valence-electron chi connectivity index (χ2n) is 6.53. The monoisotopic (exact) mass is 426 g/mol. The van der Waals surface area contributed by atoms with Crippen LogP contribution in [0.15, 0.2) is 53.2 Å². The summed E-state index contributed by atoms with van der Waals surface area (Å²) < 4.78 is 7.60. The summed E-state index contributed by atoms with van der Waals surface area (Å²) in [5.74, 6) is 1.72. The number of benzene rings is 1. The quantitative estimate of drug-likeness (QED) is 0.410. The Hall–Kier alpha value is -2.68. The Morgan fingerprint density at radius 2 is 2.03 bits per heavy atom. The van der Waals surface area contributed by atoms with Crippen molar-refractivity contribution < 1.29 is 9.84 Å². The van der Waals surface area contributed by atoms with Gasteiger partial charge in [-0.2, -0.15) is 5.10 Å². The summed E-state index contributed by atoms with van der Waals surface area (Å²) in [6.45, 7) is 3.58. The fourth-order valence-corrected chi connectivity index (χ4v) is 4.21. The van der Waals surface area contributed by atoms with Crippen molar-refractivity contribution in [2.45, 2.75) is 26.6 Å². The number of aliphatic hydroxyl groups excluding tert-OH is 1. The third-order valence-corrected chi connectivity index (χ3v) is 6.06. The molecule has 6 nitrogen and oxygen atoms in total. The Balaban J connectivity index is 1.37. The van der Waals surface area contributed by atoms with Crippen LogP contribution in [-0.2, 0) is 19.7 Å². The van der Waals surface area contributed by atoms with E-state index in [1.807, 2.05) is 53.2 Å². The predicted octanol–water partition coefficient (Wildman–Crippen LogP) is 4.56. The second kappa shape index (κ2) is 9.21. The Morgan fingerprint density at radius 3 is 2.79 bits per heavy atom. The first kappa shape index (κ1) is 19.6. The van der Waals surface area contributed by atoms with Gasteiger partial charge in [-0.3, -0.25) is 0 Å². The highest BCUT2D eigenvalue weighted by molar-refractivity contribution is 7.13. The number of thiazole rings is 1. The van der Waals surface area contributed by atoms with Gasteiger partial charge in [0.05, 0.1) is 30.3 Å². The molecule has 0 aliphatic rings. The highest BCUT2D eigenvalue weighted by Crippen LogP contribution is 2.26. The molecule has 3 heterocycles. The summed E-state index contributed by atoms with van der Waals surface area (Å²) in [6, 6.07) is 14.1. The van der Waals surface area contributed by atoms with Crippen molar-refractivity contribution in [1.29, 1.82) is 0 Å². The standard InChI is InChI=1S/C21H22N4O2S2/c1-15-4-6-17(7-5-15)27-13-21-23-16(14-29-21)12-22-20-11-18(19-3-2-10-28-19)24-25(20)8-9-26/h2-7,10-11,14,22,26H,8-9,12-13H2,1H3. The van der Waals surface area contributed by atoms with E-state index in [0.29, 0.717) is 19.7 Å². The lowest BCUT2D eigenvalue weighted by Crippen LogP contribution is -2.10. The molecule has 4 aromatic rings. The van der Waals surface area contributed by atoms with Gasteiger partial charge >= 0.3 is 0 Å². The van der Waals surface area contributed by atoms with Gasteiger partial charge in [0.15, 0.2) is 0 Å². The minimum atomic E-state index is 0.0391. The molecule has 0 saturated heterocycles. The molecule has 0 amide bonds. The van der Waals surface area contributed by atoms with E-state index >= 15 is 0 Å². The number of anilines is 1. The fourth-order valence-electron chi connectivity index (χ4n) is 2.83. The molecule has 2 N–H and O–H groups in total. The first-order valence-electron chi connectivity index (χ1n) is 9.30. The van der Waals surface area contributed by atoms with Crippen molar-refractivity contribution in [3.63, 3.8) is 0 Å². The normalized spacial score (nSPS) is 11.0. The van der Waals surface area contributed by atoms with Gasteiger partial charge in [0, 0.05) is 11.4 Å². The molecule has 0 unspecified atom stereocenters. The van der Waals surface area contributed by atoms with E-state index in [0.717, 1.165) is 32.8 Å². The Morgan fingerprint density at radius 1 is 1.17 bits per heavy atom. The highest BCUT2D eigenvalue weighted by Gasteiger charge is 2.11. The van der Waals surface area contributed by atoms with Crippen molar-refractivity contribution in [3.8, 4) is 16.3 Å². The van der Waals surface area contributed by atoms with Crippen LogP contribution in [0.25, 0.3) is 10.6 Å². The highest BCUT2D eigenvalue weighted by atomic mass is 32.1. The summed E-state index contributed by atoms with van der Waals surface area (Å²) in [5.41, 5.74) is 3.07.